The molecule has 0 aliphatic rings. The Morgan fingerprint density at radius 2 is 2.10 bits per heavy atom. The first-order chi connectivity index (χ1) is 9.51. The van der Waals surface area contributed by atoms with Gasteiger partial charge in [0.1, 0.15) is 4.60 Å². The average molecular weight is 360 g/mol. The highest BCUT2D eigenvalue weighted by Crippen LogP contribution is 2.28. The van der Waals surface area contributed by atoms with Crippen molar-refractivity contribution >= 4 is 32.7 Å². The highest BCUT2D eigenvalue weighted by Gasteiger charge is 2.13. The van der Waals surface area contributed by atoms with E-state index in [2.05, 4.69) is 30.6 Å². The number of ether oxygens (including phenoxy) is 1. The van der Waals surface area contributed by atoms with Crippen molar-refractivity contribution in [1.29, 1.82) is 0 Å². The van der Waals surface area contributed by atoms with Gasteiger partial charge in [-0.1, -0.05) is 0 Å². The van der Waals surface area contributed by atoms with Gasteiger partial charge in [0.15, 0.2) is 22.5 Å². The molecule has 1 unspecified atom stereocenters. The van der Waals surface area contributed by atoms with Crippen LogP contribution in [0.5, 0.6) is 17.4 Å². The summed E-state index contributed by atoms with van der Waals surface area (Å²) in [5, 5.41) is 18.6. The number of aromatic hydroxyl groups is 2. The summed E-state index contributed by atoms with van der Waals surface area (Å²) in [6.07, 6.45) is 1.43. The van der Waals surface area contributed by atoms with Crippen LogP contribution in [0.4, 0.5) is 5.82 Å². The molecule has 0 saturated carbocycles. The van der Waals surface area contributed by atoms with Crippen LogP contribution in [-0.4, -0.2) is 31.5 Å². The van der Waals surface area contributed by atoms with E-state index in [0.717, 1.165) is 0 Å². The van der Waals surface area contributed by atoms with Crippen LogP contribution in [0.1, 0.15) is 0 Å². The maximum absolute atomic E-state index is 12.1. The third-order valence-corrected chi connectivity index (χ3v) is 3.70. The molecule has 1 heterocycles. The van der Waals surface area contributed by atoms with E-state index in [9.17, 15) is 14.4 Å². The molecule has 0 radical (unpaired) electrons. The average Bonchev–Trinajstić information content (AvgIpc) is 2.43. The number of rotatable bonds is 4. The number of phenolic OH excluding ortho intramolecular Hbond substituents is 2. The second-order valence-electron chi connectivity index (χ2n) is 3.57. The van der Waals surface area contributed by atoms with Gasteiger partial charge in [-0.3, -0.25) is 4.72 Å². The maximum Gasteiger partial charge on any atom is 0.259 e. The minimum atomic E-state index is -1.69. The summed E-state index contributed by atoms with van der Waals surface area (Å²) in [6.45, 7) is 0. The number of anilines is 1. The van der Waals surface area contributed by atoms with Crippen molar-refractivity contribution < 1.29 is 19.2 Å². The first kappa shape index (κ1) is 14.5. The van der Waals surface area contributed by atoms with E-state index < -0.39 is 11.0 Å². The Balaban J connectivity index is 2.25. The van der Waals surface area contributed by atoms with E-state index in [0.29, 0.717) is 4.60 Å². The smallest absolute Gasteiger partial charge is 0.259 e. The molecule has 2 aromatic rings. The molecular weight excluding hydrogens is 350 g/mol. The monoisotopic (exact) mass is 359 g/mol. The van der Waals surface area contributed by atoms with Gasteiger partial charge < -0.3 is 14.9 Å². The van der Waals surface area contributed by atoms with Crippen molar-refractivity contribution in [2.45, 2.75) is 4.90 Å². The predicted molar refractivity (Wildman–Crippen MR) is 76.1 cm³/mol. The van der Waals surface area contributed by atoms with E-state index in [4.69, 9.17) is 4.74 Å². The second-order valence-corrected chi connectivity index (χ2v) is 5.60. The highest BCUT2D eigenvalue weighted by molar-refractivity contribution is 9.10. The molecule has 1 atom stereocenters. The molecule has 0 saturated heterocycles. The SMILES string of the molecule is COc1nc(Br)cnc1NS(=O)c1ccc(O)c(O)c1. The van der Waals surface area contributed by atoms with E-state index in [-0.39, 0.29) is 28.1 Å². The maximum atomic E-state index is 12.1. The molecule has 1 aromatic carbocycles. The van der Waals surface area contributed by atoms with Gasteiger partial charge in [-0.05, 0) is 28.1 Å². The van der Waals surface area contributed by atoms with Crippen molar-refractivity contribution in [3.63, 3.8) is 0 Å². The van der Waals surface area contributed by atoms with Crippen molar-refractivity contribution in [3.05, 3.63) is 29.0 Å². The van der Waals surface area contributed by atoms with Crippen molar-refractivity contribution in [1.82, 2.24) is 9.97 Å². The number of phenols is 2. The third kappa shape index (κ3) is 3.17. The number of aromatic nitrogens is 2. The van der Waals surface area contributed by atoms with E-state index in [1.54, 1.807) is 0 Å². The lowest BCUT2D eigenvalue weighted by Gasteiger charge is -2.09. The molecule has 0 fully saturated rings. The molecule has 0 aliphatic carbocycles. The molecule has 0 bridgehead atoms. The fourth-order valence-electron chi connectivity index (χ4n) is 1.33. The molecule has 3 N–H and O–H groups in total. The summed E-state index contributed by atoms with van der Waals surface area (Å²) in [7, 11) is -0.277. The third-order valence-electron chi connectivity index (χ3n) is 2.25. The Morgan fingerprint density at radius 3 is 2.75 bits per heavy atom. The van der Waals surface area contributed by atoms with Gasteiger partial charge in [0.2, 0.25) is 5.82 Å². The van der Waals surface area contributed by atoms with E-state index in [1.807, 2.05) is 0 Å². The van der Waals surface area contributed by atoms with E-state index in [1.165, 1.54) is 31.5 Å². The number of halogens is 1. The van der Waals surface area contributed by atoms with Crippen LogP contribution < -0.4 is 9.46 Å². The molecule has 0 aliphatic heterocycles. The fourth-order valence-corrected chi connectivity index (χ4v) is 2.44. The van der Waals surface area contributed by atoms with Crippen LogP contribution in [-0.2, 0) is 11.0 Å². The molecule has 0 amide bonds. The van der Waals surface area contributed by atoms with Crippen LogP contribution in [0.2, 0.25) is 0 Å². The molecular formula is C11H10BrN3O4S. The van der Waals surface area contributed by atoms with Crippen LogP contribution >= 0.6 is 15.9 Å². The van der Waals surface area contributed by atoms with Gasteiger partial charge in [0.05, 0.1) is 18.2 Å². The summed E-state index contributed by atoms with van der Waals surface area (Å²) in [5.74, 6) is -0.268. The van der Waals surface area contributed by atoms with Crippen LogP contribution in [0, 0.1) is 0 Å². The molecule has 0 spiro atoms. The number of methoxy groups -OCH3 is 1. The van der Waals surface area contributed by atoms with Crippen LogP contribution in [0.15, 0.2) is 33.9 Å². The van der Waals surface area contributed by atoms with Gasteiger partial charge in [0, 0.05) is 6.07 Å². The fraction of sp³-hybridized carbons (Fsp3) is 0.0909. The minimum absolute atomic E-state index is 0.177. The molecule has 7 nitrogen and oxygen atoms in total. The molecule has 106 valence electrons. The number of nitrogens with one attached hydrogen (secondary N) is 1. The topological polar surface area (TPSA) is 105 Å². The zero-order chi connectivity index (χ0) is 14.7. The largest absolute Gasteiger partial charge is 0.504 e. The Hall–Kier alpha value is -1.87. The van der Waals surface area contributed by atoms with Gasteiger partial charge in [-0.2, -0.15) is 0 Å². The van der Waals surface area contributed by atoms with Crippen LogP contribution in [0.3, 0.4) is 0 Å². The Kier molecular flexibility index (Phi) is 4.40. The Morgan fingerprint density at radius 1 is 1.35 bits per heavy atom. The van der Waals surface area contributed by atoms with Gasteiger partial charge in [-0.15, -0.1) is 0 Å². The van der Waals surface area contributed by atoms with E-state index >= 15 is 0 Å². The zero-order valence-electron chi connectivity index (χ0n) is 10.2. The number of hydrogen-bond donors (Lipinski definition) is 3. The molecule has 2 rings (SSSR count). The van der Waals surface area contributed by atoms with Gasteiger partial charge in [-0.25, -0.2) is 14.2 Å². The summed E-state index contributed by atoms with van der Waals surface area (Å²) in [5.41, 5.74) is 0. The zero-order valence-corrected chi connectivity index (χ0v) is 12.6. The molecule has 1 aromatic heterocycles. The summed E-state index contributed by atoms with van der Waals surface area (Å²) in [4.78, 5) is 8.29. The highest BCUT2D eigenvalue weighted by atomic mass is 79.9. The molecule has 9 heteroatoms. The van der Waals surface area contributed by atoms with Gasteiger partial charge >= 0.3 is 0 Å². The first-order valence-electron chi connectivity index (χ1n) is 5.28. The Labute approximate surface area is 125 Å². The lowest BCUT2D eigenvalue weighted by molar-refractivity contribution is 0.397. The first-order valence-corrected chi connectivity index (χ1v) is 7.22. The van der Waals surface area contributed by atoms with Crippen molar-refractivity contribution in [3.8, 4) is 17.4 Å². The lowest BCUT2D eigenvalue weighted by Crippen LogP contribution is -2.08. The second kappa shape index (κ2) is 6.06. The normalized spacial score (nSPS) is 11.9. The molecule has 20 heavy (non-hydrogen) atoms. The number of nitrogens with zero attached hydrogens (tertiary/aromatic N) is 2. The van der Waals surface area contributed by atoms with Crippen LogP contribution in [0.25, 0.3) is 0 Å². The van der Waals surface area contributed by atoms with Gasteiger partial charge in [0.25, 0.3) is 5.88 Å². The van der Waals surface area contributed by atoms with Crippen molar-refractivity contribution in [2.24, 2.45) is 0 Å². The number of hydrogen-bond acceptors (Lipinski definition) is 6. The standard InChI is InChI=1S/C11H10BrN3O4S/c1-19-11-10(13-5-9(12)14-11)15-20(18)6-2-3-7(16)8(17)4-6/h2-5,16-17H,1H3,(H,13,15). The minimum Gasteiger partial charge on any atom is -0.504 e. The summed E-state index contributed by atoms with van der Waals surface area (Å²) < 4.78 is 20.2. The summed E-state index contributed by atoms with van der Waals surface area (Å²) in [6, 6.07) is 3.85. The Bertz CT molecular complexity index is 668. The summed E-state index contributed by atoms with van der Waals surface area (Å²) >= 11 is 3.15. The number of benzene rings is 1. The quantitative estimate of drug-likeness (QED) is 0.718. The predicted octanol–water partition coefficient (Wildman–Crippen LogP) is 1.79. The van der Waals surface area contributed by atoms with Crippen molar-refractivity contribution in [2.75, 3.05) is 11.8 Å². The lowest BCUT2D eigenvalue weighted by atomic mass is 10.3.